The van der Waals surface area contributed by atoms with Crippen molar-refractivity contribution in [2.24, 2.45) is 0 Å². The number of hydrogen-bond donors (Lipinski definition) is 0. The summed E-state index contributed by atoms with van der Waals surface area (Å²) in [6.07, 6.45) is 0. The molecule has 0 aromatic heterocycles. The smallest absolute Gasteiger partial charge is 0.512 e. The molecule has 0 aliphatic rings. The molecule has 0 amide bonds. The molecule has 0 unspecified atom stereocenters. The largest absolute Gasteiger partial charge is 4.00 e. The van der Waals surface area contributed by atoms with Crippen LogP contribution in [0.5, 0.6) is 0 Å². The number of nitrogens with zero attached hydrogens (tertiary/aromatic N) is 12. The van der Waals surface area contributed by atoms with Crippen molar-refractivity contribution in [3.63, 3.8) is 0 Å². The minimum atomic E-state index is 0. The third-order valence-corrected chi connectivity index (χ3v) is 0. The van der Waals surface area contributed by atoms with Crippen LogP contribution in [0.3, 0.4) is 0 Å². The topological polar surface area (TPSA) is 285 Å². The minimum Gasteiger partial charge on any atom is -0.512 e. The first-order valence-corrected chi connectivity index (χ1v) is 2.68. The van der Waals surface area contributed by atoms with E-state index >= 15 is 0 Å². The van der Waals surface area contributed by atoms with Crippen LogP contribution in [0.1, 0.15) is 0 Å². The van der Waals surface area contributed by atoms with Gasteiger partial charge in [0.2, 0.25) is 0 Å². The standard InChI is InChI=1S/12CN.2Fe.Ti/c12*1-2;;;/q12*-1;3*+4. The minimum absolute atomic E-state index is 0. The molecule has 0 saturated heterocycles. The summed E-state index contributed by atoms with van der Waals surface area (Å²) >= 11 is 0. The first-order chi connectivity index (χ1) is 12.0. The summed E-state index contributed by atoms with van der Waals surface area (Å²) in [4.78, 5) is 0. The van der Waals surface area contributed by atoms with Crippen molar-refractivity contribution in [1.82, 2.24) is 0 Å². The Morgan fingerprint density at radius 1 is 0.185 bits per heavy atom. The van der Waals surface area contributed by atoms with E-state index in [4.69, 9.17) is 142 Å². The van der Waals surface area contributed by atoms with E-state index in [0.717, 1.165) is 0 Å². The summed E-state index contributed by atoms with van der Waals surface area (Å²) in [5.74, 6) is 0. The number of hydrogen-bond acceptors (Lipinski definition) is 12. The van der Waals surface area contributed by atoms with E-state index in [9.17, 15) is 0 Å². The fourth-order valence-corrected chi connectivity index (χ4v) is 0. The van der Waals surface area contributed by atoms with Gasteiger partial charge in [-0.1, -0.05) is 0 Å². The fraction of sp³-hybridized carbons (Fsp3) is 0. The normalized spacial score (nSPS) is 0.889. The van der Waals surface area contributed by atoms with E-state index in [1.54, 1.807) is 0 Å². The summed E-state index contributed by atoms with van der Waals surface area (Å²) in [5.41, 5.74) is 0. The van der Waals surface area contributed by atoms with Crippen molar-refractivity contribution >= 4 is 0 Å². The van der Waals surface area contributed by atoms with Crippen molar-refractivity contribution < 1.29 is 55.9 Å². The molecule has 0 atom stereocenters. The molecule has 27 heavy (non-hydrogen) atoms. The van der Waals surface area contributed by atoms with Crippen LogP contribution in [0.2, 0.25) is 0 Å². The van der Waals surface area contributed by atoms with Gasteiger partial charge in [-0.05, 0) is 0 Å². The summed E-state index contributed by atoms with van der Waals surface area (Å²) in [5, 5.41) is 75.0. The molecule has 0 N–H and O–H groups in total. The van der Waals surface area contributed by atoms with Gasteiger partial charge in [-0.25, -0.2) is 0 Å². The van der Waals surface area contributed by atoms with E-state index < -0.39 is 0 Å². The van der Waals surface area contributed by atoms with Gasteiger partial charge in [0.05, 0.1) is 0 Å². The maximum absolute atomic E-state index is 6.25. The van der Waals surface area contributed by atoms with Crippen LogP contribution in [-0.2, 0) is 55.9 Å². The SMILES string of the molecule is [C-]#N.[C-]#N.[C-]#N.[C-]#N.[C-]#N.[C-]#N.[C-]#N.[C-]#N.[C-]#N.[C-]#N.[C-]#N.[C-]#N.[Fe+4].[Fe+4].[Ti+4]. The van der Waals surface area contributed by atoms with Gasteiger partial charge in [0.1, 0.15) is 0 Å². The van der Waals surface area contributed by atoms with Crippen LogP contribution in [-0.4, -0.2) is 0 Å². The summed E-state index contributed by atoms with van der Waals surface area (Å²) in [6.45, 7) is 57.0. The van der Waals surface area contributed by atoms with Crippen LogP contribution in [0.25, 0.3) is 0 Å². The second-order valence-electron chi connectivity index (χ2n) is 0. The van der Waals surface area contributed by atoms with Gasteiger partial charge in [-0.3, -0.25) is 0 Å². The van der Waals surface area contributed by atoms with Crippen LogP contribution in [0.15, 0.2) is 0 Å². The molecule has 15 heteroatoms. The van der Waals surface area contributed by atoms with Gasteiger partial charge < -0.3 is 142 Å². The maximum Gasteiger partial charge on any atom is 4.00 e. The molecule has 0 rings (SSSR count). The van der Waals surface area contributed by atoms with Gasteiger partial charge in [0.15, 0.2) is 0 Å². The quantitative estimate of drug-likeness (QED) is 0.354. The molecule has 0 bridgehead atoms. The molecular formula is C12Fe2N12Ti. The van der Waals surface area contributed by atoms with Crippen molar-refractivity contribution in [3.8, 4) is 0 Å². The third-order valence-electron chi connectivity index (χ3n) is 0. The molecule has 0 spiro atoms. The molecule has 0 aromatic rings. The van der Waals surface area contributed by atoms with Crippen molar-refractivity contribution in [2.45, 2.75) is 0 Å². The van der Waals surface area contributed by atoms with Crippen LogP contribution in [0.4, 0.5) is 0 Å². The molecule has 128 valence electrons. The Kier molecular flexibility index (Phi) is 3250. The summed E-state index contributed by atoms with van der Waals surface area (Å²) in [6, 6.07) is 0. The van der Waals surface area contributed by atoms with Crippen LogP contribution >= 0.6 is 0 Å². The summed E-state index contributed by atoms with van der Waals surface area (Å²) in [7, 11) is 0. The Hall–Kier alpha value is -4.37. The molecule has 0 heterocycles. The fourth-order valence-electron chi connectivity index (χ4n) is 0. The van der Waals surface area contributed by atoms with Gasteiger partial charge >= 0.3 is 55.9 Å². The summed E-state index contributed by atoms with van der Waals surface area (Å²) < 4.78 is 0. The van der Waals surface area contributed by atoms with E-state index in [1.165, 1.54) is 0 Å². The third kappa shape index (κ3) is 437. The van der Waals surface area contributed by atoms with Crippen LogP contribution in [0, 0.1) is 142 Å². The van der Waals surface area contributed by atoms with Crippen molar-refractivity contribution in [3.05, 3.63) is 78.9 Å². The predicted molar refractivity (Wildman–Crippen MR) is 59.6 cm³/mol. The molecule has 0 aromatic carbocycles. The van der Waals surface area contributed by atoms with Gasteiger partial charge in [0, 0.05) is 0 Å². The van der Waals surface area contributed by atoms with Gasteiger partial charge in [0.25, 0.3) is 0 Å². The van der Waals surface area contributed by atoms with E-state index in [-0.39, 0.29) is 55.9 Å². The second-order valence-corrected chi connectivity index (χ2v) is 0. The van der Waals surface area contributed by atoms with Crippen LogP contribution < -0.4 is 0 Å². The first kappa shape index (κ1) is 182. The predicted octanol–water partition coefficient (Wildman–Crippen LogP) is 1.15. The zero-order valence-corrected chi connectivity index (χ0v) is 16.3. The number of rotatable bonds is 0. The molecule has 0 aliphatic heterocycles. The first-order valence-electron chi connectivity index (χ1n) is 2.68. The Labute approximate surface area is 197 Å². The monoisotopic (exact) mass is 472 g/mol. The molecule has 0 radical (unpaired) electrons. The molecule has 0 aliphatic carbocycles. The Bertz CT molecular complexity index is 226. The Morgan fingerprint density at radius 2 is 0.185 bits per heavy atom. The average Bonchev–Trinajstić information content (AvgIpc) is 2.84. The second kappa shape index (κ2) is 483. The van der Waals surface area contributed by atoms with Crippen molar-refractivity contribution in [2.75, 3.05) is 0 Å². The Balaban J connectivity index is -0.00000000443. The average molecular weight is 472 g/mol. The zero-order valence-electron chi connectivity index (χ0n) is 12.6. The van der Waals surface area contributed by atoms with E-state index in [0.29, 0.717) is 0 Å². The van der Waals surface area contributed by atoms with E-state index in [1.807, 2.05) is 0 Å². The van der Waals surface area contributed by atoms with Crippen molar-refractivity contribution in [1.29, 1.82) is 63.1 Å². The maximum atomic E-state index is 6.25. The van der Waals surface area contributed by atoms with E-state index in [2.05, 4.69) is 0 Å². The molecule has 12 nitrogen and oxygen atoms in total. The van der Waals surface area contributed by atoms with Gasteiger partial charge in [-0.15, -0.1) is 0 Å². The van der Waals surface area contributed by atoms with Gasteiger partial charge in [-0.2, -0.15) is 0 Å². The zero-order chi connectivity index (χ0) is 24.0. The molecule has 0 fully saturated rings. The molecular weight excluding hydrogens is 472 g/mol. The molecule has 0 saturated carbocycles. The Morgan fingerprint density at radius 3 is 0.185 bits per heavy atom.